The predicted octanol–water partition coefficient (Wildman–Crippen LogP) is 0.379. The molecule has 8 heteroatoms. The molecule has 2 rings (SSSR count). The zero-order chi connectivity index (χ0) is 16.8. The highest BCUT2D eigenvalue weighted by molar-refractivity contribution is 5.90. The molecular formula is C15H21N3O5. The summed E-state index contributed by atoms with van der Waals surface area (Å²) in [5.41, 5.74) is 0.307. The van der Waals surface area contributed by atoms with Crippen LogP contribution in [0.1, 0.15) is 30.1 Å². The third-order valence-electron chi connectivity index (χ3n) is 3.73. The van der Waals surface area contributed by atoms with Gasteiger partial charge in [-0.3, -0.25) is 14.3 Å². The fraction of sp³-hybridized carbons (Fsp3) is 0.600. The molecule has 8 nitrogen and oxygen atoms in total. The summed E-state index contributed by atoms with van der Waals surface area (Å²) in [5, 5.41) is 3.87. The number of carbonyl (C=O) groups is 3. The van der Waals surface area contributed by atoms with Crippen molar-refractivity contribution < 1.29 is 23.9 Å². The molecule has 23 heavy (non-hydrogen) atoms. The van der Waals surface area contributed by atoms with Crippen LogP contribution in [0, 0.1) is 5.92 Å². The average molecular weight is 323 g/mol. The number of ether oxygens (including phenoxy) is 2. The molecule has 1 aromatic rings. The van der Waals surface area contributed by atoms with Crippen LogP contribution in [0.15, 0.2) is 12.4 Å². The fourth-order valence-electron chi connectivity index (χ4n) is 2.45. The molecule has 1 amide bonds. The summed E-state index contributed by atoms with van der Waals surface area (Å²) in [5.74, 6) is -1.20. The number of hydrogen-bond acceptors (Lipinski definition) is 6. The quantitative estimate of drug-likeness (QED) is 0.728. The van der Waals surface area contributed by atoms with Crippen molar-refractivity contribution in [2.45, 2.75) is 19.8 Å². The van der Waals surface area contributed by atoms with E-state index in [2.05, 4.69) is 5.10 Å². The summed E-state index contributed by atoms with van der Waals surface area (Å²) in [6, 6.07) is 0. The van der Waals surface area contributed by atoms with Gasteiger partial charge in [-0.2, -0.15) is 5.10 Å². The first-order chi connectivity index (χ1) is 11.0. The molecule has 0 atom stereocenters. The molecule has 2 heterocycles. The highest BCUT2D eigenvalue weighted by atomic mass is 16.5. The van der Waals surface area contributed by atoms with Gasteiger partial charge in [0.25, 0.3) is 5.91 Å². The fourth-order valence-corrected chi connectivity index (χ4v) is 2.45. The lowest BCUT2D eigenvalue weighted by molar-refractivity contribution is -0.151. The summed E-state index contributed by atoms with van der Waals surface area (Å²) in [6.45, 7) is 2.76. The molecule has 0 saturated carbocycles. The minimum absolute atomic E-state index is 0.156. The number of likely N-dealkylation sites (tertiary alicyclic amines) is 1. The van der Waals surface area contributed by atoms with Gasteiger partial charge in [-0.05, 0) is 19.8 Å². The SMILES string of the molecule is CCOC(=O)C1CCN(C(=O)COC(=O)c2cnn(C)c2)CC1. The number of esters is 2. The molecule has 0 bridgehead atoms. The van der Waals surface area contributed by atoms with E-state index in [4.69, 9.17) is 9.47 Å². The molecule has 1 fully saturated rings. The standard InChI is InChI=1S/C15H21N3O5/c1-3-22-14(20)11-4-6-18(7-5-11)13(19)10-23-15(21)12-8-16-17(2)9-12/h8-9,11H,3-7,10H2,1-2H3. The number of aromatic nitrogens is 2. The molecule has 0 N–H and O–H groups in total. The van der Waals surface area contributed by atoms with E-state index in [1.165, 1.54) is 17.1 Å². The molecule has 0 unspecified atom stereocenters. The minimum Gasteiger partial charge on any atom is -0.466 e. The Labute approximate surface area is 134 Å². The lowest BCUT2D eigenvalue weighted by Gasteiger charge is -2.30. The molecule has 1 saturated heterocycles. The van der Waals surface area contributed by atoms with Crippen LogP contribution in [0.25, 0.3) is 0 Å². The van der Waals surface area contributed by atoms with E-state index in [-0.39, 0.29) is 24.4 Å². The smallest absolute Gasteiger partial charge is 0.341 e. The van der Waals surface area contributed by atoms with Crippen molar-refractivity contribution in [3.63, 3.8) is 0 Å². The minimum atomic E-state index is -0.576. The number of hydrogen-bond donors (Lipinski definition) is 0. The summed E-state index contributed by atoms with van der Waals surface area (Å²) in [4.78, 5) is 37.1. The third-order valence-corrected chi connectivity index (χ3v) is 3.73. The molecular weight excluding hydrogens is 302 g/mol. The van der Waals surface area contributed by atoms with Crippen LogP contribution in [0.4, 0.5) is 0 Å². The van der Waals surface area contributed by atoms with E-state index in [1.54, 1.807) is 18.9 Å². The van der Waals surface area contributed by atoms with Crippen LogP contribution >= 0.6 is 0 Å². The number of rotatable bonds is 5. The van der Waals surface area contributed by atoms with Gasteiger partial charge in [0.2, 0.25) is 0 Å². The number of amides is 1. The Bertz CT molecular complexity index is 575. The molecule has 126 valence electrons. The lowest BCUT2D eigenvalue weighted by atomic mass is 9.97. The van der Waals surface area contributed by atoms with Gasteiger partial charge in [-0.15, -0.1) is 0 Å². The van der Waals surface area contributed by atoms with Gasteiger partial charge in [0.15, 0.2) is 6.61 Å². The Kier molecular flexibility index (Phi) is 5.72. The van der Waals surface area contributed by atoms with E-state index in [0.717, 1.165) is 0 Å². The van der Waals surface area contributed by atoms with E-state index in [0.29, 0.717) is 38.1 Å². The van der Waals surface area contributed by atoms with Gasteiger partial charge in [0.05, 0.1) is 24.3 Å². The maximum absolute atomic E-state index is 12.1. The Morgan fingerprint density at radius 1 is 1.26 bits per heavy atom. The largest absolute Gasteiger partial charge is 0.466 e. The molecule has 1 aliphatic heterocycles. The monoisotopic (exact) mass is 323 g/mol. The van der Waals surface area contributed by atoms with Crippen LogP contribution < -0.4 is 0 Å². The third kappa shape index (κ3) is 4.54. The average Bonchev–Trinajstić information content (AvgIpc) is 2.99. The molecule has 1 aliphatic rings. The van der Waals surface area contributed by atoms with Gasteiger partial charge in [0.1, 0.15) is 0 Å². The van der Waals surface area contributed by atoms with E-state index >= 15 is 0 Å². The first-order valence-electron chi connectivity index (χ1n) is 7.61. The maximum atomic E-state index is 12.1. The van der Waals surface area contributed by atoms with Gasteiger partial charge in [-0.25, -0.2) is 4.79 Å². The van der Waals surface area contributed by atoms with Crippen molar-refractivity contribution in [2.75, 3.05) is 26.3 Å². The van der Waals surface area contributed by atoms with Crippen LogP contribution in [-0.4, -0.2) is 58.8 Å². The second kappa shape index (κ2) is 7.75. The van der Waals surface area contributed by atoms with Gasteiger partial charge in [0, 0.05) is 26.3 Å². The highest BCUT2D eigenvalue weighted by Crippen LogP contribution is 2.18. The highest BCUT2D eigenvalue weighted by Gasteiger charge is 2.28. The van der Waals surface area contributed by atoms with E-state index in [9.17, 15) is 14.4 Å². The zero-order valence-corrected chi connectivity index (χ0v) is 13.4. The summed E-state index contributed by atoms with van der Waals surface area (Å²) in [7, 11) is 1.69. The second-order valence-electron chi connectivity index (χ2n) is 5.39. The maximum Gasteiger partial charge on any atom is 0.341 e. The van der Waals surface area contributed by atoms with Crippen LogP contribution in [0.5, 0.6) is 0 Å². The number of piperidine rings is 1. The molecule has 0 aliphatic carbocycles. The normalized spacial score (nSPS) is 15.3. The Morgan fingerprint density at radius 2 is 1.96 bits per heavy atom. The van der Waals surface area contributed by atoms with Crippen LogP contribution in [-0.2, 0) is 26.1 Å². The number of nitrogens with zero attached hydrogens (tertiary/aromatic N) is 3. The van der Waals surface area contributed by atoms with E-state index < -0.39 is 5.97 Å². The van der Waals surface area contributed by atoms with Gasteiger partial charge >= 0.3 is 11.9 Å². The van der Waals surface area contributed by atoms with Gasteiger partial charge < -0.3 is 14.4 Å². The second-order valence-corrected chi connectivity index (χ2v) is 5.39. The number of carbonyl (C=O) groups excluding carboxylic acids is 3. The van der Waals surface area contributed by atoms with Crippen molar-refractivity contribution in [1.29, 1.82) is 0 Å². The topological polar surface area (TPSA) is 90.7 Å². The summed E-state index contributed by atoms with van der Waals surface area (Å²) in [6.07, 6.45) is 4.05. The number of aryl methyl sites for hydroxylation is 1. The Balaban J connectivity index is 1.75. The van der Waals surface area contributed by atoms with E-state index in [1.807, 2.05) is 0 Å². The van der Waals surface area contributed by atoms with Crippen molar-refractivity contribution >= 4 is 17.8 Å². The molecule has 0 radical (unpaired) electrons. The Morgan fingerprint density at radius 3 is 2.52 bits per heavy atom. The lowest BCUT2D eigenvalue weighted by Crippen LogP contribution is -2.42. The van der Waals surface area contributed by atoms with Crippen molar-refractivity contribution in [3.05, 3.63) is 18.0 Å². The van der Waals surface area contributed by atoms with Crippen LogP contribution in [0.2, 0.25) is 0 Å². The molecule has 0 spiro atoms. The predicted molar refractivity (Wildman–Crippen MR) is 79.4 cm³/mol. The van der Waals surface area contributed by atoms with Crippen molar-refractivity contribution in [1.82, 2.24) is 14.7 Å². The van der Waals surface area contributed by atoms with Gasteiger partial charge in [-0.1, -0.05) is 0 Å². The molecule has 0 aromatic carbocycles. The Hall–Kier alpha value is -2.38. The van der Waals surface area contributed by atoms with Crippen molar-refractivity contribution in [2.24, 2.45) is 13.0 Å². The molecule has 1 aromatic heterocycles. The summed E-state index contributed by atoms with van der Waals surface area (Å²) >= 11 is 0. The first-order valence-corrected chi connectivity index (χ1v) is 7.61. The summed E-state index contributed by atoms with van der Waals surface area (Å²) < 4.78 is 11.5. The van der Waals surface area contributed by atoms with Crippen molar-refractivity contribution in [3.8, 4) is 0 Å². The zero-order valence-electron chi connectivity index (χ0n) is 13.4. The van der Waals surface area contributed by atoms with Crippen LogP contribution in [0.3, 0.4) is 0 Å². The first kappa shape index (κ1) is 17.0.